The van der Waals surface area contributed by atoms with Crippen molar-refractivity contribution in [3.63, 3.8) is 0 Å². The Kier molecular flexibility index (Phi) is 3.51. The van der Waals surface area contributed by atoms with Crippen LogP contribution in [0.4, 0.5) is 0 Å². The van der Waals surface area contributed by atoms with Crippen molar-refractivity contribution < 1.29 is 9.53 Å². The largest absolute Gasteiger partial charge is 0.445 e. The highest BCUT2D eigenvalue weighted by molar-refractivity contribution is 5.87. The molecule has 1 rings (SSSR count). The van der Waals surface area contributed by atoms with E-state index in [4.69, 9.17) is 11.2 Å². The Bertz CT molecular complexity index is 401. The summed E-state index contributed by atoms with van der Waals surface area (Å²) in [5.41, 5.74) is 1.23. The van der Waals surface area contributed by atoms with E-state index < -0.39 is 12.1 Å². The lowest BCUT2D eigenvalue weighted by Gasteiger charge is -2.07. The fourth-order valence-corrected chi connectivity index (χ4v) is 1.21. The maximum atomic E-state index is 11.6. The topological polar surface area (TPSA) is 44.1 Å². The lowest BCUT2D eigenvalue weighted by Crippen LogP contribution is -2.17. The van der Waals surface area contributed by atoms with Crippen molar-refractivity contribution in [1.29, 1.82) is 0 Å². The molecule has 1 heterocycles. The maximum Gasteiger partial charge on any atom is 0.357 e. The van der Waals surface area contributed by atoms with Gasteiger partial charge in [0.1, 0.15) is 5.69 Å². The number of aromatic nitrogens is 2. The SMILES string of the molecule is C#C[C@H](C)OC(=O)c1cc(C)nn1CC. The van der Waals surface area contributed by atoms with Gasteiger partial charge < -0.3 is 4.74 Å². The number of hydrogen-bond acceptors (Lipinski definition) is 3. The summed E-state index contributed by atoms with van der Waals surface area (Å²) in [4.78, 5) is 11.6. The highest BCUT2D eigenvalue weighted by Gasteiger charge is 2.16. The second-order valence-corrected chi connectivity index (χ2v) is 3.20. The van der Waals surface area contributed by atoms with Crippen molar-refractivity contribution in [1.82, 2.24) is 9.78 Å². The number of ether oxygens (including phenoxy) is 1. The highest BCUT2D eigenvalue weighted by atomic mass is 16.5. The van der Waals surface area contributed by atoms with E-state index in [1.807, 2.05) is 13.8 Å². The van der Waals surface area contributed by atoms with E-state index in [2.05, 4.69) is 11.0 Å². The third kappa shape index (κ3) is 2.59. The van der Waals surface area contributed by atoms with E-state index in [0.29, 0.717) is 12.2 Å². The molecular formula is C11H14N2O2. The number of carbonyl (C=O) groups excluding carboxylic acids is 1. The first kappa shape index (κ1) is 11.3. The molecule has 0 fully saturated rings. The summed E-state index contributed by atoms with van der Waals surface area (Å²) in [6, 6.07) is 1.69. The summed E-state index contributed by atoms with van der Waals surface area (Å²) < 4.78 is 6.60. The zero-order valence-electron chi connectivity index (χ0n) is 9.15. The third-order valence-electron chi connectivity index (χ3n) is 1.93. The van der Waals surface area contributed by atoms with Gasteiger partial charge in [-0.3, -0.25) is 4.68 Å². The fraction of sp³-hybridized carbons (Fsp3) is 0.455. The van der Waals surface area contributed by atoms with Crippen LogP contribution in [0.2, 0.25) is 0 Å². The van der Waals surface area contributed by atoms with Crippen LogP contribution in [0.5, 0.6) is 0 Å². The minimum Gasteiger partial charge on any atom is -0.445 e. The van der Waals surface area contributed by atoms with Crippen molar-refractivity contribution in [2.45, 2.75) is 33.4 Å². The summed E-state index contributed by atoms with van der Waals surface area (Å²) in [5, 5.41) is 4.15. The standard InChI is InChI=1S/C11H14N2O2/c1-5-9(4)15-11(14)10-7-8(3)12-13(10)6-2/h1,7,9H,6H2,2-4H3/t9-/m0/s1. The lowest BCUT2D eigenvalue weighted by molar-refractivity contribution is 0.0424. The van der Waals surface area contributed by atoms with Crippen molar-refractivity contribution >= 4 is 5.97 Å². The van der Waals surface area contributed by atoms with E-state index in [0.717, 1.165) is 5.69 Å². The van der Waals surface area contributed by atoms with Crippen molar-refractivity contribution in [2.24, 2.45) is 0 Å². The minimum atomic E-state index is -0.516. The van der Waals surface area contributed by atoms with Crippen LogP contribution in [0.3, 0.4) is 0 Å². The molecule has 0 amide bonds. The number of carbonyl (C=O) groups is 1. The molecule has 1 aromatic rings. The van der Waals surface area contributed by atoms with Gasteiger partial charge in [-0.2, -0.15) is 5.10 Å². The van der Waals surface area contributed by atoms with Crippen LogP contribution in [0.1, 0.15) is 30.0 Å². The Morgan fingerprint density at radius 3 is 3.00 bits per heavy atom. The molecule has 4 heteroatoms. The molecule has 4 nitrogen and oxygen atoms in total. The van der Waals surface area contributed by atoms with Gasteiger partial charge in [0, 0.05) is 6.54 Å². The fourth-order valence-electron chi connectivity index (χ4n) is 1.21. The molecule has 0 spiro atoms. The third-order valence-corrected chi connectivity index (χ3v) is 1.93. The molecule has 1 aromatic heterocycles. The zero-order chi connectivity index (χ0) is 11.4. The van der Waals surface area contributed by atoms with Crippen LogP contribution in [-0.4, -0.2) is 21.9 Å². The second kappa shape index (κ2) is 4.65. The Labute approximate surface area is 89.2 Å². The Morgan fingerprint density at radius 1 is 1.80 bits per heavy atom. The molecule has 0 aromatic carbocycles. The summed E-state index contributed by atoms with van der Waals surface area (Å²) in [7, 11) is 0. The summed E-state index contributed by atoms with van der Waals surface area (Å²) in [6.45, 7) is 6.02. The summed E-state index contributed by atoms with van der Waals surface area (Å²) >= 11 is 0. The molecule has 0 saturated carbocycles. The van der Waals surface area contributed by atoms with Gasteiger partial charge in [0.2, 0.25) is 0 Å². The average Bonchev–Trinajstić information content (AvgIpc) is 2.59. The molecule has 0 aliphatic rings. The number of hydrogen-bond donors (Lipinski definition) is 0. The molecular weight excluding hydrogens is 192 g/mol. The molecule has 1 atom stereocenters. The molecule has 0 bridgehead atoms. The quantitative estimate of drug-likeness (QED) is 0.554. The van der Waals surface area contributed by atoms with Crippen LogP contribution in [0.15, 0.2) is 6.07 Å². The minimum absolute atomic E-state index is 0.428. The highest BCUT2D eigenvalue weighted by Crippen LogP contribution is 2.07. The van der Waals surface area contributed by atoms with Gasteiger partial charge in [0.05, 0.1) is 5.69 Å². The molecule has 0 aliphatic carbocycles. The predicted molar refractivity (Wildman–Crippen MR) is 56.3 cm³/mol. The molecule has 80 valence electrons. The first-order valence-electron chi connectivity index (χ1n) is 4.80. The van der Waals surface area contributed by atoms with Gasteiger partial charge in [0.25, 0.3) is 0 Å². The number of aryl methyl sites for hydroxylation is 2. The van der Waals surface area contributed by atoms with E-state index in [1.54, 1.807) is 17.7 Å². The van der Waals surface area contributed by atoms with Crippen molar-refractivity contribution in [3.05, 3.63) is 17.5 Å². The zero-order valence-corrected chi connectivity index (χ0v) is 9.15. The molecule has 0 N–H and O–H groups in total. The monoisotopic (exact) mass is 206 g/mol. The van der Waals surface area contributed by atoms with Gasteiger partial charge in [-0.25, -0.2) is 4.79 Å². The van der Waals surface area contributed by atoms with Gasteiger partial charge in [-0.1, -0.05) is 5.92 Å². The number of nitrogens with zero attached hydrogens (tertiary/aromatic N) is 2. The number of rotatable bonds is 3. The smallest absolute Gasteiger partial charge is 0.357 e. The lowest BCUT2D eigenvalue weighted by atomic mass is 10.3. The molecule has 0 saturated heterocycles. The van der Waals surface area contributed by atoms with E-state index in [1.165, 1.54) is 0 Å². The number of esters is 1. The first-order valence-corrected chi connectivity index (χ1v) is 4.80. The predicted octanol–water partition coefficient (Wildman–Crippen LogP) is 1.39. The first-order chi connectivity index (χ1) is 7.08. The van der Waals surface area contributed by atoms with Crippen molar-refractivity contribution in [2.75, 3.05) is 0 Å². The summed E-state index contributed by atoms with van der Waals surface area (Å²) in [5.74, 6) is 1.91. The van der Waals surface area contributed by atoms with Gasteiger partial charge in [-0.15, -0.1) is 6.42 Å². The van der Waals surface area contributed by atoms with Crippen LogP contribution < -0.4 is 0 Å². The Morgan fingerprint density at radius 2 is 2.47 bits per heavy atom. The molecule has 0 radical (unpaired) electrons. The Hall–Kier alpha value is -1.76. The van der Waals surface area contributed by atoms with Gasteiger partial charge in [0.15, 0.2) is 6.10 Å². The van der Waals surface area contributed by atoms with E-state index in [-0.39, 0.29) is 0 Å². The van der Waals surface area contributed by atoms with Crippen LogP contribution in [-0.2, 0) is 11.3 Å². The molecule has 0 unspecified atom stereocenters. The molecule has 15 heavy (non-hydrogen) atoms. The summed E-state index contributed by atoms with van der Waals surface area (Å²) in [6.07, 6.45) is 4.61. The van der Waals surface area contributed by atoms with E-state index in [9.17, 15) is 4.79 Å². The van der Waals surface area contributed by atoms with Crippen LogP contribution in [0.25, 0.3) is 0 Å². The van der Waals surface area contributed by atoms with Crippen molar-refractivity contribution in [3.8, 4) is 12.3 Å². The normalized spacial score (nSPS) is 11.9. The second-order valence-electron chi connectivity index (χ2n) is 3.20. The van der Waals surface area contributed by atoms with Crippen LogP contribution >= 0.6 is 0 Å². The van der Waals surface area contributed by atoms with Gasteiger partial charge >= 0.3 is 5.97 Å². The molecule has 0 aliphatic heterocycles. The average molecular weight is 206 g/mol. The maximum absolute atomic E-state index is 11.6. The Balaban J connectivity index is 2.86. The van der Waals surface area contributed by atoms with E-state index >= 15 is 0 Å². The number of terminal acetylenes is 1. The van der Waals surface area contributed by atoms with Crippen LogP contribution in [0, 0.1) is 19.3 Å². The van der Waals surface area contributed by atoms with Gasteiger partial charge in [-0.05, 0) is 26.8 Å².